The second-order valence-corrected chi connectivity index (χ2v) is 9.73. The molecule has 198 valence electrons. The first-order valence-corrected chi connectivity index (χ1v) is 12.5. The number of hydrogen-bond acceptors (Lipinski definition) is 7. The molecule has 2 rings (SSSR count). The summed E-state index contributed by atoms with van der Waals surface area (Å²) in [4.78, 5) is 22.4. The first-order valence-electron chi connectivity index (χ1n) is 11.2. The summed E-state index contributed by atoms with van der Waals surface area (Å²) in [6.07, 6.45) is -1.12. The van der Waals surface area contributed by atoms with Crippen LogP contribution >= 0.6 is 34.8 Å². The van der Waals surface area contributed by atoms with Gasteiger partial charge in [-0.2, -0.15) is 0 Å². The fourth-order valence-corrected chi connectivity index (χ4v) is 4.05. The van der Waals surface area contributed by atoms with E-state index in [9.17, 15) is 9.59 Å². The molecule has 0 saturated carbocycles. The molecule has 0 spiro atoms. The number of alkyl halides is 1. The zero-order valence-electron chi connectivity index (χ0n) is 20.9. The zero-order chi connectivity index (χ0) is 26.9. The van der Waals surface area contributed by atoms with Gasteiger partial charge in [0.15, 0.2) is 6.10 Å². The third-order valence-electron chi connectivity index (χ3n) is 5.35. The number of hydrogen-bond donors (Lipinski definition) is 0. The number of methoxy groups -OCH3 is 1. The van der Waals surface area contributed by atoms with Gasteiger partial charge in [-0.3, -0.25) is 9.59 Å². The van der Waals surface area contributed by atoms with Crippen molar-refractivity contribution in [2.75, 3.05) is 32.8 Å². The molecule has 0 aliphatic rings. The largest absolute Gasteiger partial charge is 0.488 e. The average molecular weight is 562 g/mol. The van der Waals surface area contributed by atoms with E-state index in [0.29, 0.717) is 21.5 Å². The normalized spacial score (nSPS) is 13.0. The molecule has 0 fully saturated rings. The van der Waals surface area contributed by atoms with Gasteiger partial charge in [0.25, 0.3) is 0 Å². The van der Waals surface area contributed by atoms with Crippen LogP contribution in [0.5, 0.6) is 11.5 Å². The van der Waals surface area contributed by atoms with Crippen molar-refractivity contribution in [1.29, 1.82) is 0 Å². The molecule has 0 amide bonds. The van der Waals surface area contributed by atoms with Crippen LogP contribution in [-0.4, -0.2) is 57.0 Å². The van der Waals surface area contributed by atoms with E-state index in [-0.39, 0.29) is 25.7 Å². The third kappa shape index (κ3) is 8.73. The first-order chi connectivity index (χ1) is 17.0. The maximum absolute atomic E-state index is 11.3. The number of rotatable bonds is 13. The van der Waals surface area contributed by atoms with Gasteiger partial charge in [0.2, 0.25) is 0 Å². The van der Waals surface area contributed by atoms with Gasteiger partial charge in [0.05, 0.1) is 22.5 Å². The first kappa shape index (κ1) is 30.0. The van der Waals surface area contributed by atoms with E-state index in [1.165, 1.54) is 21.0 Å². The molecule has 0 heterocycles. The number of carbonyl (C=O) groups excluding carboxylic acids is 2. The van der Waals surface area contributed by atoms with Gasteiger partial charge in [-0.05, 0) is 35.4 Å². The molecule has 0 saturated heterocycles. The van der Waals surface area contributed by atoms with E-state index in [4.69, 9.17) is 58.5 Å². The fraction of sp³-hybridized carbons (Fsp3) is 0.462. The molecule has 2 aromatic carbocycles. The number of benzene rings is 2. The van der Waals surface area contributed by atoms with Crippen molar-refractivity contribution >= 4 is 46.7 Å². The minimum absolute atomic E-state index is 0.0886. The Morgan fingerprint density at radius 2 is 1.25 bits per heavy atom. The van der Waals surface area contributed by atoms with Crippen LogP contribution in [0.25, 0.3) is 0 Å². The van der Waals surface area contributed by atoms with Crippen LogP contribution in [0, 0.1) is 0 Å². The Hall–Kier alpha value is -2.19. The summed E-state index contributed by atoms with van der Waals surface area (Å²) in [5.74, 6) is 0.190. The Labute approximate surface area is 226 Å². The SMILES string of the molecule is COC[C@@H](COc1ccc(C(C)(C)c2ccc(OC[C@H](CCl)OC(C)=O)c(Cl)c2)cc1Cl)OC(C)=O. The number of ether oxygens (including phenoxy) is 5. The standard InChI is InChI=1S/C26H31Cl3O7/c1-16(30)35-20(12-27)14-33-24-8-6-18(10-22(24)28)26(3,4)19-7-9-25(23(29)11-19)34-15-21(13-32-5)36-17(2)31/h6-11,20-21H,12-15H2,1-5H3/t20-,21-/m0/s1. The highest BCUT2D eigenvalue weighted by Gasteiger charge is 2.26. The lowest BCUT2D eigenvalue weighted by atomic mass is 9.78. The average Bonchev–Trinajstić information content (AvgIpc) is 2.80. The Balaban J connectivity index is 2.13. The molecular weight excluding hydrogens is 531 g/mol. The van der Waals surface area contributed by atoms with Crippen molar-refractivity contribution in [3.63, 3.8) is 0 Å². The number of esters is 2. The predicted octanol–water partition coefficient (Wildman–Crippen LogP) is 5.83. The minimum Gasteiger partial charge on any atom is -0.488 e. The monoisotopic (exact) mass is 560 g/mol. The molecule has 0 radical (unpaired) electrons. The van der Waals surface area contributed by atoms with Crippen molar-refractivity contribution < 1.29 is 33.3 Å². The highest BCUT2D eigenvalue weighted by molar-refractivity contribution is 6.32. The highest BCUT2D eigenvalue weighted by atomic mass is 35.5. The van der Waals surface area contributed by atoms with E-state index in [1.807, 2.05) is 38.1 Å². The molecule has 0 bridgehead atoms. The predicted molar refractivity (Wildman–Crippen MR) is 140 cm³/mol. The summed E-state index contributed by atoms with van der Waals surface area (Å²) in [5.41, 5.74) is 1.43. The van der Waals surface area contributed by atoms with Crippen molar-refractivity contribution in [2.45, 2.75) is 45.3 Å². The van der Waals surface area contributed by atoms with Crippen LogP contribution in [0.3, 0.4) is 0 Å². The quantitative estimate of drug-likeness (QED) is 0.225. The van der Waals surface area contributed by atoms with Crippen LogP contribution in [-0.2, 0) is 29.2 Å². The fourth-order valence-electron chi connectivity index (χ4n) is 3.43. The Kier molecular flexibility index (Phi) is 11.6. The third-order valence-corrected chi connectivity index (χ3v) is 6.28. The van der Waals surface area contributed by atoms with Crippen LogP contribution in [0.15, 0.2) is 36.4 Å². The molecular formula is C26H31Cl3O7. The number of halogens is 3. The van der Waals surface area contributed by atoms with Crippen molar-refractivity contribution in [3.8, 4) is 11.5 Å². The lowest BCUT2D eigenvalue weighted by molar-refractivity contribution is -0.150. The lowest BCUT2D eigenvalue weighted by Crippen LogP contribution is -2.28. The maximum atomic E-state index is 11.3. The van der Waals surface area contributed by atoms with Gasteiger partial charge < -0.3 is 23.7 Å². The van der Waals surface area contributed by atoms with E-state index in [0.717, 1.165) is 11.1 Å². The van der Waals surface area contributed by atoms with Crippen LogP contribution in [0.4, 0.5) is 0 Å². The van der Waals surface area contributed by atoms with Crippen LogP contribution in [0.2, 0.25) is 10.0 Å². The molecule has 0 unspecified atom stereocenters. The van der Waals surface area contributed by atoms with Crippen LogP contribution < -0.4 is 9.47 Å². The Bertz CT molecular complexity index is 1040. The summed E-state index contributed by atoms with van der Waals surface area (Å²) < 4.78 is 26.8. The van der Waals surface area contributed by atoms with Gasteiger partial charge in [-0.25, -0.2) is 0 Å². The smallest absolute Gasteiger partial charge is 0.303 e. The second kappa shape index (κ2) is 13.9. The summed E-state index contributed by atoms with van der Waals surface area (Å²) in [5, 5.41) is 0.834. The Morgan fingerprint density at radius 1 is 0.806 bits per heavy atom. The van der Waals surface area contributed by atoms with Gasteiger partial charge in [-0.1, -0.05) is 49.2 Å². The van der Waals surface area contributed by atoms with E-state index in [2.05, 4.69) is 0 Å². The molecule has 0 aliphatic carbocycles. The van der Waals surface area contributed by atoms with Gasteiger partial charge in [0, 0.05) is 26.4 Å². The van der Waals surface area contributed by atoms with Crippen molar-refractivity contribution in [2.24, 2.45) is 0 Å². The topological polar surface area (TPSA) is 80.3 Å². The van der Waals surface area contributed by atoms with Gasteiger partial charge in [-0.15, -0.1) is 11.6 Å². The molecule has 0 N–H and O–H groups in total. The number of carbonyl (C=O) groups is 2. The van der Waals surface area contributed by atoms with E-state index >= 15 is 0 Å². The van der Waals surface area contributed by atoms with Crippen molar-refractivity contribution in [3.05, 3.63) is 57.6 Å². The zero-order valence-corrected chi connectivity index (χ0v) is 23.2. The van der Waals surface area contributed by atoms with Crippen LogP contribution in [0.1, 0.15) is 38.8 Å². The van der Waals surface area contributed by atoms with E-state index < -0.39 is 29.6 Å². The lowest BCUT2D eigenvalue weighted by Gasteiger charge is -2.27. The molecule has 7 nitrogen and oxygen atoms in total. The summed E-state index contributed by atoms with van der Waals surface area (Å²) >= 11 is 18.8. The molecule has 0 aliphatic heterocycles. The molecule has 36 heavy (non-hydrogen) atoms. The van der Waals surface area contributed by atoms with Gasteiger partial charge >= 0.3 is 11.9 Å². The van der Waals surface area contributed by atoms with E-state index in [1.54, 1.807) is 12.1 Å². The molecule has 2 atom stereocenters. The second-order valence-electron chi connectivity index (χ2n) is 8.61. The summed E-state index contributed by atoms with van der Waals surface area (Å²) in [6, 6.07) is 11.0. The Morgan fingerprint density at radius 3 is 1.64 bits per heavy atom. The van der Waals surface area contributed by atoms with Crippen molar-refractivity contribution in [1.82, 2.24) is 0 Å². The minimum atomic E-state index is -0.571. The molecule has 2 aromatic rings. The maximum Gasteiger partial charge on any atom is 0.303 e. The molecule has 10 heteroatoms. The molecule has 0 aromatic heterocycles. The summed E-state index contributed by atoms with van der Waals surface area (Å²) in [7, 11) is 1.52. The highest BCUT2D eigenvalue weighted by Crippen LogP contribution is 2.38. The summed E-state index contributed by atoms with van der Waals surface area (Å²) in [6.45, 7) is 7.14. The van der Waals surface area contributed by atoms with Gasteiger partial charge in [0.1, 0.15) is 30.8 Å².